The van der Waals surface area contributed by atoms with Crippen LogP contribution in [-0.4, -0.2) is 30.0 Å². The Morgan fingerprint density at radius 1 is 1.38 bits per heavy atom. The number of rotatable bonds is 3. The minimum atomic E-state index is 0.114. The minimum Gasteiger partial charge on any atom is -0.295 e. The summed E-state index contributed by atoms with van der Waals surface area (Å²) in [6.07, 6.45) is 11.1. The summed E-state index contributed by atoms with van der Waals surface area (Å²) in [5, 5.41) is 0. The fourth-order valence-corrected chi connectivity index (χ4v) is 1.74. The van der Waals surface area contributed by atoms with Crippen molar-refractivity contribution in [1.82, 2.24) is 4.90 Å². The topological polar surface area (TPSA) is 20.3 Å². The SMILES string of the molecule is C#CCC(C=C=O)N1CCCCC1. The Bertz CT molecular complexity index is 229. The summed E-state index contributed by atoms with van der Waals surface area (Å²) in [5.74, 6) is 4.44. The molecule has 0 N–H and O–H groups in total. The first kappa shape index (κ1) is 10.1. The summed E-state index contributed by atoms with van der Waals surface area (Å²) in [5.41, 5.74) is 0. The summed E-state index contributed by atoms with van der Waals surface area (Å²) < 4.78 is 0. The molecule has 2 nitrogen and oxygen atoms in total. The molecule has 0 aromatic carbocycles. The average Bonchev–Trinajstić information content (AvgIpc) is 2.19. The van der Waals surface area contributed by atoms with E-state index in [9.17, 15) is 4.79 Å². The zero-order chi connectivity index (χ0) is 9.52. The molecule has 0 amide bonds. The molecule has 1 rings (SSSR count). The molecular formula is C11H15NO. The molecule has 13 heavy (non-hydrogen) atoms. The van der Waals surface area contributed by atoms with Crippen LogP contribution in [0.15, 0.2) is 6.08 Å². The molecule has 1 fully saturated rings. The highest BCUT2D eigenvalue weighted by atomic mass is 16.1. The molecule has 70 valence electrons. The Morgan fingerprint density at radius 3 is 2.62 bits per heavy atom. The van der Waals surface area contributed by atoms with Gasteiger partial charge in [-0.3, -0.25) is 4.90 Å². The molecule has 1 saturated heterocycles. The molecule has 1 aliphatic heterocycles. The van der Waals surface area contributed by atoms with E-state index in [0.29, 0.717) is 6.42 Å². The second-order valence-corrected chi connectivity index (χ2v) is 3.36. The maximum absolute atomic E-state index is 10.3. The van der Waals surface area contributed by atoms with E-state index in [2.05, 4.69) is 10.8 Å². The highest BCUT2D eigenvalue weighted by molar-refractivity contribution is 5.46. The van der Waals surface area contributed by atoms with Gasteiger partial charge in [0.25, 0.3) is 0 Å². The molecule has 0 saturated carbocycles. The molecule has 0 aromatic heterocycles. The van der Waals surface area contributed by atoms with Crippen LogP contribution in [0.1, 0.15) is 25.7 Å². The van der Waals surface area contributed by atoms with Crippen LogP contribution in [0.4, 0.5) is 0 Å². The molecule has 0 radical (unpaired) electrons. The number of carbonyl (C=O) groups excluding carboxylic acids is 1. The lowest BCUT2D eigenvalue weighted by molar-refractivity contribution is 0.193. The zero-order valence-corrected chi connectivity index (χ0v) is 7.83. The van der Waals surface area contributed by atoms with Crippen molar-refractivity contribution in [2.45, 2.75) is 31.7 Å². The van der Waals surface area contributed by atoms with Gasteiger partial charge < -0.3 is 0 Å². The number of nitrogens with zero attached hydrogens (tertiary/aromatic N) is 1. The van der Waals surface area contributed by atoms with Crippen molar-refractivity contribution in [2.75, 3.05) is 13.1 Å². The molecule has 0 aromatic rings. The van der Waals surface area contributed by atoms with Gasteiger partial charge in [-0.2, -0.15) is 0 Å². The summed E-state index contributed by atoms with van der Waals surface area (Å²) in [6, 6.07) is 0.114. The van der Waals surface area contributed by atoms with Gasteiger partial charge in [0.2, 0.25) is 0 Å². The zero-order valence-electron chi connectivity index (χ0n) is 7.83. The van der Waals surface area contributed by atoms with Gasteiger partial charge in [-0.1, -0.05) is 6.42 Å². The Labute approximate surface area is 79.6 Å². The van der Waals surface area contributed by atoms with Gasteiger partial charge in [0, 0.05) is 18.5 Å². The van der Waals surface area contributed by atoms with Gasteiger partial charge in [0.15, 0.2) is 0 Å². The number of likely N-dealkylation sites (tertiary alicyclic amines) is 1. The molecule has 0 aliphatic carbocycles. The van der Waals surface area contributed by atoms with E-state index in [4.69, 9.17) is 6.42 Å². The van der Waals surface area contributed by atoms with Gasteiger partial charge >= 0.3 is 0 Å². The third kappa shape index (κ3) is 3.06. The molecule has 1 atom stereocenters. The lowest BCUT2D eigenvalue weighted by Crippen LogP contribution is -2.37. The first-order valence-corrected chi connectivity index (χ1v) is 4.77. The van der Waals surface area contributed by atoms with Gasteiger partial charge in [-0.25, -0.2) is 4.79 Å². The number of terminal acetylenes is 1. The Hall–Kier alpha value is -1.03. The van der Waals surface area contributed by atoms with Gasteiger partial charge in [-0.05, 0) is 25.9 Å². The first-order valence-electron chi connectivity index (χ1n) is 4.77. The highest BCUT2D eigenvalue weighted by Crippen LogP contribution is 2.14. The summed E-state index contributed by atoms with van der Waals surface area (Å²) in [6.45, 7) is 2.12. The quantitative estimate of drug-likeness (QED) is 0.477. The Morgan fingerprint density at radius 2 is 2.08 bits per heavy atom. The van der Waals surface area contributed by atoms with Gasteiger partial charge in [-0.15, -0.1) is 12.3 Å². The van der Waals surface area contributed by atoms with Crippen LogP contribution in [0.25, 0.3) is 0 Å². The lowest BCUT2D eigenvalue weighted by Gasteiger charge is -2.31. The normalized spacial score (nSPS) is 19.9. The third-order valence-electron chi connectivity index (χ3n) is 2.45. The average molecular weight is 177 g/mol. The molecule has 2 heteroatoms. The lowest BCUT2D eigenvalue weighted by atomic mass is 10.1. The van der Waals surface area contributed by atoms with Crippen LogP contribution in [-0.2, 0) is 4.79 Å². The van der Waals surface area contributed by atoms with Crippen molar-refractivity contribution in [3.8, 4) is 12.3 Å². The second kappa shape index (κ2) is 5.59. The minimum absolute atomic E-state index is 0.114. The maximum atomic E-state index is 10.3. The van der Waals surface area contributed by atoms with Crippen molar-refractivity contribution in [2.24, 2.45) is 0 Å². The molecule has 1 aliphatic rings. The van der Waals surface area contributed by atoms with E-state index in [0.717, 1.165) is 13.1 Å². The van der Waals surface area contributed by atoms with Crippen molar-refractivity contribution >= 4 is 5.94 Å². The van der Waals surface area contributed by atoms with Crippen LogP contribution < -0.4 is 0 Å². The van der Waals surface area contributed by atoms with E-state index < -0.39 is 0 Å². The number of hydrogen-bond acceptors (Lipinski definition) is 2. The van der Waals surface area contributed by atoms with E-state index >= 15 is 0 Å². The fraction of sp³-hybridized carbons (Fsp3) is 0.636. The van der Waals surface area contributed by atoms with E-state index in [1.165, 1.54) is 19.3 Å². The number of hydrogen-bond donors (Lipinski definition) is 0. The first-order chi connectivity index (χ1) is 6.38. The standard InChI is InChI=1S/C11H15NO/c1-2-6-11(7-10-13)12-8-4-3-5-9-12/h1,7,11H,3-6,8-9H2. The van der Waals surface area contributed by atoms with E-state index in [1.54, 1.807) is 6.08 Å². The summed E-state index contributed by atoms with van der Waals surface area (Å²) in [4.78, 5) is 12.5. The molecule has 0 bridgehead atoms. The van der Waals surface area contributed by atoms with Crippen molar-refractivity contribution in [3.05, 3.63) is 6.08 Å². The van der Waals surface area contributed by atoms with E-state index in [-0.39, 0.29) is 6.04 Å². The van der Waals surface area contributed by atoms with Crippen LogP contribution in [0.5, 0.6) is 0 Å². The smallest absolute Gasteiger partial charge is 0.121 e. The Kier molecular flexibility index (Phi) is 4.32. The molecule has 0 spiro atoms. The van der Waals surface area contributed by atoms with Crippen LogP contribution in [0.2, 0.25) is 0 Å². The predicted octanol–water partition coefficient (Wildman–Crippen LogP) is 1.25. The molecule has 1 heterocycles. The van der Waals surface area contributed by atoms with Crippen LogP contribution in [0, 0.1) is 12.3 Å². The monoisotopic (exact) mass is 177 g/mol. The van der Waals surface area contributed by atoms with Crippen molar-refractivity contribution in [3.63, 3.8) is 0 Å². The maximum Gasteiger partial charge on any atom is 0.121 e. The van der Waals surface area contributed by atoms with Crippen molar-refractivity contribution in [1.29, 1.82) is 0 Å². The fourth-order valence-electron chi connectivity index (χ4n) is 1.74. The van der Waals surface area contributed by atoms with E-state index in [1.807, 2.05) is 5.94 Å². The van der Waals surface area contributed by atoms with Crippen LogP contribution in [0.3, 0.4) is 0 Å². The predicted molar refractivity (Wildman–Crippen MR) is 52.9 cm³/mol. The van der Waals surface area contributed by atoms with Gasteiger partial charge in [0.05, 0.1) is 0 Å². The number of piperidine rings is 1. The summed E-state index contributed by atoms with van der Waals surface area (Å²) >= 11 is 0. The molecular weight excluding hydrogens is 162 g/mol. The van der Waals surface area contributed by atoms with Crippen LogP contribution >= 0.6 is 0 Å². The molecule has 1 unspecified atom stereocenters. The van der Waals surface area contributed by atoms with Gasteiger partial charge in [0.1, 0.15) is 5.94 Å². The third-order valence-corrected chi connectivity index (χ3v) is 2.45. The summed E-state index contributed by atoms with van der Waals surface area (Å²) in [7, 11) is 0. The second-order valence-electron chi connectivity index (χ2n) is 3.36. The Balaban J connectivity index is 2.52. The van der Waals surface area contributed by atoms with Crippen molar-refractivity contribution < 1.29 is 4.79 Å². The largest absolute Gasteiger partial charge is 0.295 e. The highest BCUT2D eigenvalue weighted by Gasteiger charge is 2.17.